The number of thiazole rings is 1. The zero-order valence-electron chi connectivity index (χ0n) is 12.0. The molecule has 0 aliphatic carbocycles. The zero-order chi connectivity index (χ0) is 18.8. The van der Waals surface area contributed by atoms with Crippen molar-refractivity contribution in [2.45, 2.75) is 10.4 Å². The summed E-state index contributed by atoms with van der Waals surface area (Å²) in [5, 5.41) is 20.2. The molecule has 0 aliphatic rings. The Balaban J connectivity index is 2.34. The number of hydrogen-bond acceptors (Lipinski definition) is 7. The summed E-state index contributed by atoms with van der Waals surface area (Å²) in [5.41, 5.74) is -0.905. The number of amides is 1. The molecule has 0 fully saturated rings. The molecule has 1 amide bonds. The lowest BCUT2D eigenvalue weighted by Crippen LogP contribution is -2.22. The van der Waals surface area contributed by atoms with Crippen LogP contribution in [0.1, 0.15) is 16.1 Å². The molecule has 25 heavy (non-hydrogen) atoms. The lowest BCUT2D eigenvalue weighted by atomic mass is 10.2. The van der Waals surface area contributed by atoms with Crippen molar-refractivity contribution in [3.63, 3.8) is 0 Å². The van der Waals surface area contributed by atoms with E-state index in [1.807, 2.05) is 0 Å². The third-order valence-electron chi connectivity index (χ3n) is 2.71. The maximum Gasteiger partial charge on any atom is 0.403 e. The van der Waals surface area contributed by atoms with E-state index in [2.05, 4.69) is 10.3 Å². The van der Waals surface area contributed by atoms with E-state index in [-0.39, 0.29) is 27.8 Å². The number of halogens is 3. The van der Waals surface area contributed by atoms with E-state index in [4.69, 9.17) is 5.26 Å². The van der Waals surface area contributed by atoms with Gasteiger partial charge in [0.25, 0.3) is 5.91 Å². The summed E-state index contributed by atoms with van der Waals surface area (Å²) in [7, 11) is -4.84. The number of sulfone groups is 1. The molecule has 0 radical (unpaired) electrons. The van der Waals surface area contributed by atoms with Crippen LogP contribution in [0.25, 0.3) is 0 Å². The molecular formula is C13H8F3N3O4S2. The number of para-hydroxylation sites is 1. The van der Waals surface area contributed by atoms with Crippen LogP contribution in [0.3, 0.4) is 0 Å². The normalized spacial score (nSPS) is 11.8. The van der Waals surface area contributed by atoms with Crippen molar-refractivity contribution < 1.29 is 31.5 Å². The second-order valence-corrected chi connectivity index (χ2v) is 7.80. The first-order valence-electron chi connectivity index (χ1n) is 6.33. The number of nitriles is 1. The molecule has 1 aromatic carbocycles. The number of aromatic hydroxyl groups is 1. The Morgan fingerprint density at radius 2 is 2.00 bits per heavy atom. The van der Waals surface area contributed by atoms with Gasteiger partial charge in [-0.1, -0.05) is 23.5 Å². The summed E-state index contributed by atoms with van der Waals surface area (Å²) in [6, 6.07) is 6.80. The molecule has 2 rings (SSSR count). The Labute approximate surface area is 143 Å². The molecule has 2 N–H and O–H groups in total. The van der Waals surface area contributed by atoms with Gasteiger partial charge in [0.05, 0.1) is 5.56 Å². The summed E-state index contributed by atoms with van der Waals surface area (Å²) >= 11 is 0.225. The summed E-state index contributed by atoms with van der Waals surface area (Å²) in [6.45, 7) is 0. The minimum Gasteiger partial charge on any atom is -0.507 e. The van der Waals surface area contributed by atoms with Crippen molar-refractivity contribution >= 4 is 32.2 Å². The molecule has 0 atom stereocenters. The molecule has 0 bridgehead atoms. The Kier molecular flexibility index (Phi) is 5.00. The minimum atomic E-state index is -4.99. The van der Waals surface area contributed by atoms with Crippen LogP contribution < -0.4 is 5.32 Å². The van der Waals surface area contributed by atoms with Crippen LogP contribution in [-0.4, -0.2) is 36.3 Å². The van der Waals surface area contributed by atoms with Gasteiger partial charge in [-0.3, -0.25) is 10.1 Å². The molecule has 12 heteroatoms. The predicted octanol–water partition coefficient (Wildman–Crippen LogP) is 2.31. The maximum atomic E-state index is 12.4. The van der Waals surface area contributed by atoms with E-state index in [0.29, 0.717) is 0 Å². The average molecular weight is 391 g/mol. The Bertz CT molecular complexity index is 962. The first kappa shape index (κ1) is 18.7. The number of rotatable bonds is 4. The summed E-state index contributed by atoms with van der Waals surface area (Å²) < 4.78 is 59.8. The highest BCUT2D eigenvalue weighted by Gasteiger charge is 2.38. The van der Waals surface area contributed by atoms with Crippen molar-refractivity contribution in [3.05, 3.63) is 35.5 Å². The van der Waals surface area contributed by atoms with Crippen molar-refractivity contribution in [1.82, 2.24) is 4.98 Å². The van der Waals surface area contributed by atoms with Crippen LogP contribution >= 0.6 is 11.3 Å². The first-order valence-corrected chi connectivity index (χ1v) is 8.80. The van der Waals surface area contributed by atoms with Crippen LogP contribution in [0.15, 0.2) is 28.5 Å². The Hall–Kier alpha value is -2.65. The zero-order valence-corrected chi connectivity index (χ0v) is 13.7. The third-order valence-corrected chi connectivity index (χ3v) is 5.95. The molecular weight excluding hydrogens is 383 g/mol. The Morgan fingerprint density at radius 3 is 2.56 bits per heavy atom. The van der Waals surface area contributed by atoms with Crippen molar-refractivity contribution in [2.75, 3.05) is 11.1 Å². The highest BCUT2D eigenvalue weighted by Crippen LogP contribution is 2.32. The number of hydrogen-bond donors (Lipinski definition) is 2. The quantitative estimate of drug-likeness (QED) is 0.825. The molecule has 2 aromatic rings. The first-order chi connectivity index (χ1) is 11.5. The van der Waals surface area contributed by atoms with Gasteiger partial charge in [-0.2, -0.15) is 18.4 Å². The molecule has 0 aliphatic heterocycles. The predicted molar refractivity (Wildman–Crippen MR) is 81.0 cm³/mol. The van der Waals surface area contributed by atoms with Gasteiger partial charge in [0.1, 0.15) is 11.8 Å². The minimum absolute atomic E-state index is 0.157. The van der Waals surface area contributed by atoms with Gasteiger partial charge in [-0.05, 0) is 12.1 Å². The van der Waals surface area contributed by atoms with Crippen molar-refractivity contribution in [2.24, 2.45) is 0 Å². The smallest absolute Gasteiger partial charge is 0.403 e. The van der Waals surface area contributed by atoms with Crippen LogP contribution in [0.4, 0.5) is 18.3 Å². The number of phenols is 1. The largest absolute Gasteiger partial charge is 0.507 e. The summed E-state index contributed by atoms with van der Waals surface area (Å²) in [4.78, 5) is 15.5. The van der Waals surface area contributed by atoms with Crippen LogP contribution in [0.2, 0.25) is 0 Å². The number of nitrogens with one attached hydrogen (secondary N) is 1. The number of aromatic nitrogens is 1. The molecule has 7 nitrogen and oxygen atoms in total. The molecule has 0 saturated heterocycles. The van der Waals surface area contributed by atoms with Crippen molar-refractivity contribution in [1.29, 1.82) is 5.26 Å². The molecule has 132 valence electrons. The van der Waals surface area contributed by atoms with Gasteiger partial charge < -0.3 is 5.11 Å². The molecule has 1 aromatic heterocycles. The molecule has 1 heterocycles. The number of alkyl halides is 3. The van der Waals surface area contributed by atoms with E-state index >= 15 is 0 Å². The second-order valence-electron chi connectivity index (χ2n) is 4.61. The number of anilines is 1. The number of nitrogens with zero attached hydrogens (tertiary/aromatic N) is 2. The SMILES string of the molecule is N#Cc1nc(NC(=O)c2ccccc2O)sc1S(=O)(=O)CC(F)(F)F. The lowest BCUT2D eigenvalue weighted by Gasteiger charge is -2.05. The third kappa shape index (κ3) is 4.46. The molecule has 0 spiro atoms. The van der Waals surface area contributed by atoms with E-state index < -0.39 is 37.6 Å². The topological polar surface area (TPSA) is 120 Å². The van der Waals surface area contributed by atoms with E-state index in [0.717, 1.165) is 0 Å². The average Bonchev–Trinajstić information content (AvgIpc) is 2.89. The number of carbonyl (C=O) groups is 1. The van der Waals surface area contributed by atoms with Gasteiger partial charge in [0.15, 0.2) is 30.6 Å². The highest BCUT2D eigenvalue weighted by molar-refractivity contribution is 7.93. The van der Waals surface area contributed by atoms with Gasteiger partial charge in [-0.15, -0.1) is 0 Å². The maximum absolute atomic E-state index is 12.4. The molecule has 0 unspecified atom stereocenters. The number of carbonyl (C=O) groups excluding carboxylic acids is 1. The number of phenolic OH excluding ortho intramolecular Hbond substituents is 1. The molecule has 0 saturated carbocycles. The fourth-order valence-corrected chi connectivity index (χ4v) is 4.27. The summed E-state index contributed by atoms with van der Waals surface area (Å²) in [6.07, 6.45) is -4.99. The van der Waals surface area contributed by atoms with Gasteiger partial charge >= 0.3 is 6.18 Å². The van der Waals surface area contributed by atoms with Gasteiger partial charge in [-0.25, -0.2) is 13.4 Å². The van der Waals surface area contributed by atoms with Crippen LogP contribution in [0.5, 0.6) is 5.75 Å². The second kappa shape index (κ2) is 6.69. The monoisotopic (exact) mass is 391 g/mol. The Morgan fingerprint density at radius 1 is 1.36 bits per heavy atom. The lowest BCUT2D eigenvalue weighted by molar-refractivity contribution is -0.106. The highest BCUT2D eigenvalue weighted by atomic mass is 32.2. The van der Waals surface area contributed by atoms with Gasteiger partial charge in [0.2, 0.25) is 0 Å². The number of benzene rings is 1. The fraction of sp³-hybridized carbons (Fsp3) is 0.154. The van der Waals surface area contributed by atoms with E-state index in [1.54, 1.807) is 0 Å². The van der Waals surface area contributed by atoms with E-state index in [1.165, 1.54) is 30.3 Å². The van der Waals surface area contributed by atoms with Crippen LogP contribution in [0, 0.1) is 11.3 Å². The van der Waals surface area contributed by atoms with E-state index in [9.17, 15) is 31.5 Å². The van der Waals surface area contributed by atoms with Crippen LogP contribution in [-0.2, 0) is 9.84 Å². The standard InChI is InChI=1S/C13H8F3N3O4S2/c14-13(15,16)6-25(22,23)11-8(5-17)18-12(24-11)19-10(21)7-3-1-2-4-9(7)20/h1-4,20H,6H2,(H,18,19,21). The summed E-state index contributed by atoms with van der Waals surface area (Å²) in [5.74, 6) is -3.37. The van der Waals surface area contributed by atoms with Gasteiger partial charge in [0, 0.05) is 0 Å². The van der Waals surface area contributed by atoms with Crippen molar-refractivity contribution in [3.8, 4) is 11.8 Å². The fourth-order valence-electron chi connectivity index (χ4n) is 1.75.